The van der Waals surface area contributed by atoms with Gasteiger partial charge >= 0.3 is 23.9 Å². The van der Waals surface area contributed by atoms with E-state index in [-0.39, 0.29) is 43.8 Å². The molecule has 0 aliphatic heterocycles. The van der Waals surface area contributed by atoms with Gasteiger partial charge in [0, 0.05) is 66.6 Å². The van der Waals surface area contributed by atoms with E-state index in [1.54, 1.807) is 14.2 Å². The van der Waals surface area contributed by atoms with Crippen molar-refractivity contribution in [2.24, 2.45) is 29.6 Å². The van der Waals surface area contributed by atoms with Gasteiger partial charge in [-0.3, -0.25) is 24.0 Å². The molecular weight excluding hydrogens is 1150 g/mol. The molecule has 4 unspecified atom stereocenters. The molecule has 0 aromatic heterocycles. The van der Waals surface area contributed by atoms with Crippen LogP contribution in [-0.2, 0) is 61.9 Å². The normalized spacial score (nSPS) is 11.2. The molecule has 0 radical (unpaired) electrons. The van der Waals surface area contributed by atoms with Crippen LogP contribution in [0.15, 0.2) is 0 Å². The number of carbonyl (C=O) groups is 6. The number of unbranched alkanes of at least 4 members (excludes halogenated alkanes) is 24. The fourth-order valence-electron chi connectivity index (χ4n) is 8.64. The third kappa shape index (κ3) is 115. The minimum Gasteiger partial charge on any atom is -0.469 e. The number of aliphatic hydroxyl groups excluding tert-OH is 1. The van der Waals surface area contributed by atoms with Crippen LogP contribution in [0.1, 0.15) is 368 Å². The lowest BCUT2D eigenvalue weighted by molar-refractivity contribution is -0.149. The minimum absolute atomic E-state index is 0.00815. The first-order valence-electron chi connectivity index (χ1n) is 37.6. The Morgan fingerprint density at radius 2 is 0.758 bits per heavy atom. The average Bonchev–Trinajstić information content (AvgIpc) is 3.66. The minimum atomic E-state index is -0.452. The van der Waals surface area contributed by atoms with E-state index < -0.39 is 11.9 Å². The number of aldehydes is 1. The fourth-order valence-corrected chi connectivity index (χ4v) is 8.64. The molecule has 0 saturated carbocycles. The van der Waals surface area contributed by atoms with Crippen molar-refractivity contribution in [2.45, 2.75) is 368 Å². The zero-order valence-electron chi connectivity index (χ0n) is 64.3. The van der Waals surface area contributed by atoms with Crippen LogP contribution >= 0.6 is 0 Å². The summed E-state index contributed by atoms with van der Waals surface area (Å²) in [5.41, 5.74) is 0. The first kappa shape index (κ1) is 107. The third-order valence-electron chi connectivity index (χ3n) is 14.4. The van der Waals surface area contributed by atoms with Crippen molar-refractivity contribution >= 4 is 36.6 Å². The van der Waals surface area contributed by atoms with E-state index in [0.29, 0.717) is 63.0 Å². The highest BCUT2D eigenvalue weighted by Gasteiger charge is 2.23. The molecule has 14 nitrogen and oxygen atoms in total. The first-order valence-corrected chi connectivity index (χ1v) is 37.6. The van der Waals surface area contributed by atoms with Gasteiger partial charge < -0.3 is 43.1 Å². The van der Waals surface area contributed by atoms with E-state index in [1.165, 1.54) is 187 Å². The van der Waals surface area contributed by atoms with Gasteiger partial charge in [-0.1, -0.05) is 291 Å². The summed E-state index contributed by atoms with van der Waals surface area (Å²) >= 11 is 0. The Kier molecular flexibility index (Phi) is 121. The van der Waals surface area contributed by atoms with Crippen molar-refractivity contribution in [1.82, 2.24) is 0 Å². The second kappa shape index (κ2) is 103. The van der Waals surface area contributed by atoms with Gasteiger partial charge in [0.15, 0.2) is 0 Å². The summed E-state index contributed by atoms with van der Waals surface area (Å²) in [6, 6.07) is 0. The number of hydrogen-bond acceptors (Lipinski definition) is 14. The molecule has 4 atom stereocenters. The van der Waals surface area contributed by atoms with E-state index in [2.05, 4.69) is 80.9 Å². The Morgan fingerprint density at radius 1 is 0.418 bits per heavy atom. The summed E-state index contributed by atoms with van der Waals surface area (Å²) in [5.74, 6) is 0.245. The third-order valence-corrected chi connectivity index (χ3v) is 14.4. The molecule has 0 aliphatic rings. The van der Waals surface area contributed by atoms with Crippen molar-refractivity contribution in [3.8, 4) is 0 Å². The van der Waals surface area contributed by atoms with Crippen molar-refractivity contribution in [3.63, 3.8) is 0 Å². The van der Waals surface area contributed by atoms with Crippen molar-refractivity contribution in [2.75, 3.05) is 67.6 Å². The molecule has 0 rings (SSSR count). The predicted octanol–water partition coefficient (Wildman–Crippen LogP) is 22.0. The molecule has 91 heavy (non-hydrogen) atoms. The van der Waals surface area contributed by atoms with Crippen LogP contribution in [-0.4, -0.2) is 109 Å². The molecule has 0 aromatic rings. The molecule has 0 spiro atoms. The Hall–Kier alpha value is -3.10. The summed E-state index contributed by atoms with van der Waals surface area (Å²) in [5, 5.41) is 8.48. The number of esters is 4. The molecule has 0 heterocycles. The standard InChI is InChI=1S/C23H42O6.C12H24O2.C10H20O2.2C9H20O.C7H14O2.C3H8.2C2H6/c1-4-6-8-10-12-14-16-29-23(26)19-20(17-21(24)27-3)18-22(25)28-15-13-11-9-7-5-2;1-4-5-6-7-8-12(11(2)3)9-14-10-13;1-4-5-6-7-9(2)8-12-10(3)11;2*1-3-4-5-6-7-8-9-10-2;1-2-7(3-5-8)4-6-9;1-3-2;2*1-2/h20H,4-19H2,1-3H3;10-12H,4-9H2,1-3H3;9H,4-8H2,1-3H3;2*3-9H2,1-2H3;5,7,9H,2-4,6H2,1H3;3H2,1-2H3;2*1-2H3. The highest BCUT2D eigenvalue weighted by molar-refractivity contribution is 5.76. The van der Waals surface area contributed by atoms with E-state index in [1.807, 2.05) is 34.6 Å². The Bertz CT molecular complexity index is 1300. The molecule has 552 valence electrons. The lowest BCUT2D eigenvalue weighted by Gasteiger charge is -2.19. The Labute approximate surface area is 566 Å². The zero-order chi connectivity index (χ0) is 71.1. The highest BCUT2D eigenvalue weighted by Crippen LogP contribution is 2.20. The van der Waals surface area contributed by atoms with Crippen LogP contribution in [0.2, 0.25) is 0 Å². The lowest BCUT2D eigenvalue weighted by Crippen LogP contribution is -2.20. The largest absolute Gasteiger partial charge is 0.469 e. The number of rotatable bonds is 53. The van der Waals surface area contributed by atoms with Gasteiger partial charge in [0.25, 0.3) is 6.47 Å². The summed E-state index contributed by atoms with van der Waals surface area (Å²) in [6.07, 6.45) is 44.2. The van der Waals surface area contributed by atoms with Crippen LogP contribution in [0.3, 0.4) is 0 Å². The van der Waals surface area contributed by atoms with Crippen molar-refractivity contribution in [3.05, 3.63) is 0 Å². The van der Waals surface area contributed by atoms with Crippen molar-refractivity contribution in [1.29, 1.82) is 0 Å². The number of methoxy groups -OCH3 is 3. The fraction of sp³-hybridized carbons (Fsp3) is 0.922. The number of aliphatic hydroxyl groups is 1. The Balaban J connectivity index is -0.000000132. The maximum atomic E-state index is 12.1. The Morgan fingerprint density at radius 3 is 1.08 bits per heavy atom. The smallest absolute Gasteiger partial charge is 0.306 e. The molecule has 0 bridgehead atoms. The number of ether oxygens (including phenoxy) is 7. The zero-order valence-corrected chi connectivity index (χ0v) is 64.3. The predicted molar refractivity (Wildman–Crippen MR) is 388 cm³/mol. The van der Waals surface area contributed by atoms with Crippen LogP contribution in [0, 0.1) is 29.6 Å². The maximum Gasteiger partial charge on any atom is 0.306 e. The van der Waals surface area contributed by atoms with Gasteiger partial charge in [-0.25, -0.2) is 0 Å². The average molecular weight is 1310 g/mol. The molecule has 14 heteroatoms. The van der Waals surface area contributed by atoms with Gasteiger partial charge in [0.05, 0.1) is 33.5 Å². The summed E-state index contributed by atoms with van der Waals surface area (Å²) < 4.78 is 34.8. The monoisotopic (exact) mass is 1310 g/mol. The molecule has 0 fully saturated rings. The number of hydrogen-bond donors (Lipinski definition) is 1. The van der Waals surface area contributed by atoms with Gasteiger partial charge in [0.2, 0.25) is 0 Å². The van der Waals surface area contributed by atoms with Gasteiger partial charge in [-0.2, -0.15) is 0 Å². The molecular formula is C77H160O14. The first-order chi connectivity index (χ1) is 44.0. The lowest BCUT2D eigenvalue weighted by atomic mass is 9.91. The van der Waals surface area contributed by atoms with E-state index >= 15 is 0 Å². The van der Waals surface area contributed by atoms with Crippen LogP contribution in [0.25, 0.3) is 0 Å². The molecule has 0 aliphatic carbocycles. The topological polar surface area (TPSA) is 187 Å². The molecule has 0 saturated heterocycles. The van der Waals surface area contributed by atoms with Crippen molar-refractivity contribution < 1.29 is 67.0 Å². The second-order valence-corrected chi connectivity index (χ2v) is 23.8. The highest BCUT2D eigenvalue weighted by atomic mass is 16.5. The molecule has 1 N–H and O–H groups in total. The molecule has 0 amide bonds. The van der Waals surface area contributed by atoms with Gasteiger partial charge in [0.1, 0.15) is 6.29 Å². The SMILES string of the molecule is CC.CC.CCC.CCC(CC=O)CCO.CCCCCC(C)COC(C)=O.CCCCCCC(COC=O)C(C)C.CCCCCCCCOC.CCCCCCCCOC.CCCCCCCCOC(=O)CC(CC(=O)OC)CC(=O)OCCCCCCC. The van der Waals surface area contributed by atoms with Crippen LogP contribution < -0.4 is 0 Å². The van der Waals surface area contributed by atoms with Gasteiger partial charge in [-0.05, 0) is 74.5 Å². The maximum absolute atomic E-state index is 12.1. The molecule has 0 aromatic carbocycles. The summed E-state index contributed by atoms with van der Waals surface area (Å²) in [7, 11) is 4.84. The number of carbonyl (C=O) groups excluding carboxylic acids is 6. The van der Waals surface area contributed by atoms with Gasteiger partial charge in [-0.15, -0.1) is 0 Å². The van der Waals surface area contributed by atoms with E-state index in [0.717, 1.165) is 70.9 Å². The van der Waals surface area contributed by atoms with E-state index in [9.17, 15) is 28.8 Å². The van der Waals surface area contributed by atoms with E-state index in [4.69, 9.17) is 33.5 Å². The van der Waals surface area contributed by atoms with Crippen LogP contribution in [0.4, 0.5) is 0 Å². The van der Waals surface area contributed by atoms with Crippen LogP contribution in [0.5, 0.6) is 0 Å². The summed E-state index contributed by atoms with van der Waals surface area (Å²) in [4.78, 5) is 66.2. The second-order valence-electron chi connectivity index (χ2n) is 23.8. The quantitative estimate of drug-likeness (QED) is 0.0262. The summed E-state index contributed by atoms with van der Waals surface area (Å²) in [6.45, 7) is 40.1.